The van der Waals surface area contributed by atoms with Crippen LogP contribution in [0.25, 0.3) is 10.9 Å². The lowest BCUT2D eigenvalue weighted by atomic mass is 10.1. The molecule has 1 aromatic carbocycles. The Hall–Kier alpha value is -2.99. The van der Waals surface area contributed by atoms with Crippen molar-refractivity contribution in [2.45, 2.75) is 26.8 Å². The van der Waals surface area contributed by atoms with E-state index in [0.717, 1.165) is 17.7 Å². The lowest BCUT2D eigenvalue weighted by Gasteiger charge is -2.11. The lowest BCUT2D eigenvalue weighted by Crippen LogP contribution is -2.23. The van der Waals surface area contributed by atoms with Gasteiger partial charge in [-0.3, -0.25) is 14.6 Å². The summed E-state index contributed by atoms with van der Waals surface area (Å²) in [4.78, 5) is 29.9. The Morgan fingerprint density at radius 3 is 2.81 bits per heavy atom. The van der Waals surface area contributed by atoms with Gasteiger partial charge in [0.15, 0.2) is 0 Å². The SMILES string of the molecule is CCc1cccc(NC(=O)c2cc3c(=O)n(CCOC)ccc3nc2C)c1. The van der Waals surface area contributed by atoms with Crippen LogP contribution >= 0.6 is 0 Å². The Balaban J connectivity index is 1.97. The van der Waals surface area contributed by atoms with Gasteiger partial charge in [-0.15, -0.1) is 0 Å². The predicted molar refractivity (Wildman–Crippen MR) is 106 cm³/mol. The average molecular weight is 365 g/mol. The molecular formula is C21H23N3O3. The number of hydrogen-bond donors (Lipinski definition) is 1. The van der Waals surface area contributed by atoms with Crippen molar-refractivity contribution in [3.05, 3.63) is 69.8 Å². The first-order valence-electron chi connectivity index (χ1n) is 8.93. The Morgan fingerprint density at radius 1 is 1.26 bits per heavy atom. The largest absolute Gasteiger partial charge is 0.383 e. The highest BCUT2D eigenvalue weighted by Gasteiger charge is 2.14. The van der Waals surface area contributed by atoms with Gasteiger partial charge in [0.05, 0.1) is 28.8 Å². The van der Waals surface area contributed by atoms with E-state index in [1.54, 1.807) is 36.9 Å². The van der Waals surface area contributed by atoms with Crippen LogP contribution < -0.4 is 10.9 Å². The number of aromatic nitrogens is 2. The standard InChI is InChI=1S/C21H23N3O3/c1-4-15-6-5-7-16(12-15)23-20(25)17-13-18-19(22-14(17)2)8-9-24(21(18)26)10-11-27-3/h5-9,12-13H,4,10-11H2,1-3H3,(H,23,25). The molecule has 0 atom stereocenters. The fraction of sp³-hybridized carbons (Fsp3) is 0.286. The third-order valence-electron chi connectivity index (χ3n) is 4.52. The molecule has 0 unspecified atom stereocenters. The van der Waals surface area contributed by atoms with E-state index in [0.29, 0.717) is 35.3 Å². The van der Waals surface area contributed by atoms with Crippen LogP contribution in [0.5, 0.6) is 0 Å². The molecule has 27 heavy (non-hydrogen) atoms. The molecule has 0 radical (unpaired) electrons. The maximum Gasteiger partial charge on any atom is 0.260 e. The van der Waals surface area contributed by atoms with Gasteiger partial charge in [-0.1, -0.05) is 19.1 Å². The molecule has 0 saturated heterocycles. The summed E-state index contributed by atoms with van der Waals surface area (Å²) < 4.78 is 6.60. The zero-order chi connectivity index (χ0) is 19.4. The highest BCUT2D eigenvalue weighted by atomic mass is 16.5. The molecule has 6 nitrogen and oxygen atoms in total. The first-order valence-corrected chi connectivity index (χ1v) is 8.93. The van der Waals surface area contributed by atoms with Crippen molar-refractivity contribution in [3.63, 3.8) is 0 Å². The zero-order valence-electron chi connectivity index (χ0n) is 15.8. The summed E-state index contributed by atoms with van der Waals surface area (Å²) in [5, 5.41) is 3.32. The van der Waals surface area contributed by atoms with Gasteiger partial charge in [-0.2, -0.15) is 0 Å². The second kappa shape index (κ2) is 8.14. The van der Waals surface area contributed by atoms with Crippen LogP contribution in [0.15, 0.2) is 47.4 Å². The van der Waals surface area contributed by atoms with Crippen LogP contribution in [0.3, 0.4) is 0 Å². The molecule has 0 saturated carbocycles. The van der Waals surface area contributed by atoms with E-state index in [2.05, 4.69) is 17.2 Å². The molecule has 0 aliphatic carbocycles. The smallest absolute Gasteiger partial charge is 0.260 e. The van der Waals surface area contributed by atoms with Crippen LogP contribution in [0.4, 0.5) is 5.69 Å². The number of benzene rings is 1. The third kappa shape index (κ3) is 4.06. The summed E-state index contributed by atoms with van der Waals surface area (Å²) in [6, 6.07) is 11.1. The van der Waals surface area contributed by atoms with Crippen molar-refractivity contribution in [1.29, 1.82) is 0 Å². The van der Waals surface area contributed by atoms with Crippen molar-refractivity contribution >= 4 is 22.5 Å². The zero-order valence-corrected chi connectivity index (χ0v) is 15.8. The number of nitrogens with one attached hydrogen (secondary N) is 1. The van der Waals surface area contributed by atoms with Gasteiger partial charge in [-0.25, -0.2) is 0 Å². The van der Waals surface area contributed by atoms with E-state index in [1.807, 2.05) is 24.3 Å². The molecule has 0 spiro atoms. The first-order chi connectivity index (χ1) is 13.0. The molecule has 140 valence electrons. The Kier molecular flexibility index (Phi) is 5.66. The summed E-state index contributed by atoms with van der Waals surface area (Å²) in [7, 11) is 1.59. The van der Waals surface area contributed by atoms with E-state index < -0.39 is 0 Å². The maximum absolute atomic E-state index is 12.8. The average Bonchev–Trinajstić information content (AvgIpc) is 2.67. The number of anilines is 1. The van der Waals surface area contributed by atoms with Crippen LogP contribution in [-0.4, -0.2) is 29.2 Å². The number of methoxy groups -OCH3 is 1. The van der Waals surface area contributed by atoms with Gasteiger partial charge >= 0.3 is 0 Å². The number of rotatable bonds is 6. The summed E-state index contributed by atoms with van der Waals surface area (Å²) >= 11 is 0. The highest BCUT2D eigenvalue weighted by Crippen LogP contribution is 2.17. The number of carbonyl (C=O) groups is 1. The summed E-state index contributed by atoms with van der Waals surface area (Å²) in [5.41, 5.74) is 3.24. The second-order valence-electron chi connectivity index (χ2n) is 6.37. The number of aryl methyl sites for hydroxylation is 2. The fourth-order valence-corrected chi connectivity index (χ4v) is 2.97. The highest BCUT2D eigenvalue weighted by molar-refractivity contribution is 6.06. The third-order valence-corrected chi connectivity index (χ3v) is 4.52. The van der Waals surface area contributed by atoms with Crippen LogP contribution in [0.2, 0.25) is 0 Å². The molecule has 1 amide bonds. The molecule has 3 rings (SSSR count). The minimum Gasteiger partial charge on any atom is -0.383 e. The molecule has 3 aromatic rings. The number of carbonyl (C=O) groups excluding carboxylic acids is 1. The lowest BCUT2D eigenvalue weighted by molar-refractivity contribution is 0.102. The van der Waals surface area contributed by atoms with E-state index in [-0.39, 0.29) is 11.5 Å². The normalized spacial score (nSPS) is 10.9. The molecule has 0 bridgehead atoms. The summed E-state index contributed by atoms with van der Waals surface area (Å²) in [6.07, 6.45) is 2.59. The van der Waals surface area contributed by atoms with Crippen LogP contribution in [0, 0.1) is 6.92 Å². The van der Waals surface area contributed by atoms with Crippen LogP contribution in [0.1, 0.15) is 28.5 Å². The molecule has 6 heteroatoms. The number of ether oxygens (including phenoxy) is 1. The molecule has 0 fully saturated rings. The maximum atomic E-state index is 12.8. The number of hydrogen-bond acceptors (Lipinski definition) is 4. The second-order valence-corrected chi connectivity index (χ2v) is 6.37. The van der Waals surface area contributed by atoms with Crippen molar-refractivity contribution in [2.24, 2.45) is 0 Å². The van der Waals surface area contributed by atoms with E-state index in [4.69, 9.17) is 4.74 Å². The quantitative estimate of drug-likeness (QED) is 0.728. The van der Waals surface area contributed by atoms with Crippen molar-refractivity contribution in [1.82, 2.24) is 9.55 Å². The summed E-state index contributed by atoms with van der Waals surface area (Å²) in [6.45, 7) is 4.72. The number of pyridine rings is 2. The minimum atomic E-state index is -0.276. The number of nitrogens with zero attached hydrogens (tertiary/aromatic N) is 2. The van der Waals surface area contributed by atoms with E-state index in [1.165, 1.54) is 0 Å². The predicted octanol–water partition coefficient (Wildman–Crippen LogP) is 3.17. The van der Waals surface area contributed by atoms with Gasteiger partial charge < -0.3 is 14.6 Å². The summed E-state index contributed by atoms with van der Waals surface area (Å²) in [5.74, 6) is -0.276. The Labute approximate surface area is 157 Å². The number of amides is 1. The van der Waals surface area contributed by atoms with Gasteiger partial charge in [-0.05, 0) is 43.2 Å². The number of fused-ring (bicyclic) bond motifs is 1. The molecule has 1 N–H and O–H groups in total. The monoisotopic (exact) mass is 365 g/mol. The minimum absolute atomic E-state index is 0.181. The molecule has 0 aliphatic rings. The molecular weight excluding hydrogens is 342 g/mol. The topological polar surface area (TPSA) is 73.2 Å². The molecule has 0 aliphatic heterocycles. The van der Waals surface area contributed by atoms with E-state index in [9.17, 15) is 9.59 Å². The van der Waals surface area contributed by atoms with Gasteiger partial charge in [0.2, 0.25) is 0 Å². The first kappa shape index (κ1) is 18.8. The molecule has 2 heterocycles. The van der Waals surface area contributed by atoms with Crippen molar-refractivity contribution in [2.75, 3.05) is 19.0 Å². The van der Waals surface area contributed by atoms with Gasteiger partial charge in [0, 0.05) is 25.5 Å². The van der Waals surface area contributed by atoms with Crippen molar-refractivity contribution < 1.29 is 9.53 Å². The van der Waals surface area contributed by atoms with Crippen molar-refractivity contribution in [3.8, 4) is 0 Å². The fourth-order valence-electron chi connectivity index (χ4n) is 2.97. The van der Waals surface area contributed by atoms with Gasteiger partial charge in [0.1, 0.15) is 0 Å². The molecule has 2 aromatic heterocycles. The van der Waals surface area contributed by atoms with E-state index >= 15 is 0 Å². The van der Waals surface area contributed by atoms with Gasteiger partial charge in [0.25, 0.3) is 11.5 Å². The Morgan fingerprint density at radius 2 is 2.07 bits per heavy atom. The van der Waals surface area contributed by atoms with Crippen LogP contribution in [-0.2, 0) is 17.7 Å². The Bertz CT molecular complexity index is 1040.